The predicted octanol–water partition coefficient (Wildman–Crippen LogP) is 3.38. The summed E-state index contributed by atoms with van der Waals surface area (Å²) < 4.78 is 31.2. The highest BCUT2D eigenvalue weighted by Crippen LogP contribution is 2.69. The molecule has 10 unspecified atom stereocenters. The Balaban J connectivity index is 1.35. The molecule has 0 aromatic carbocycles. The third kappa shape index (κ3) is 3.09. The average molecular weight is 555 g/mol. The number of ether oxygens (including phenoxy) is 5. The van der Waals surface area contributed by atoms with Crippen LogP contribution in [0.3, 0.4) is 0 Å². The summed E-state index contributed by atoms with van der Waals surface area (Å²) in [5.74, 6) is -4.43. The molecule has 216 valence electrons. The van der Waals surface area contributed by atoms with Crippen molar-refractivity contribution in [2.45, 2.75) is 109 Å². The molecule has 0 N–H and O–H groups in total. The molecular formula is C31H38O9. The minimum absolute atomic E-state index is 0.0756. The van der Waals surface area contributed by atoms with E-state index in [-0.39, 0.29) is 42.5 Å². The minimum atomic E-state index is -1.67. The van der Waals surface area contributed by atoms with Crippen LogP contribution in [0.25, 0.3) is 0 Å². The van der Waals surface area contributed by atoms with Crippen molar-refractivity contribution in [3.05, 3.63) is 22.8 Å². The van der Waals surface area contributed by atoms with Crippen LogP contribution in [0.1, 0.15) is 73.6 Å². The quantitative estimate of drug-likeness (QED) is 0.383. The van der Waals surface area contributed by atoms with E-state index in [1.165, 1.54) is 0 Å². The molecule has 10 atom stereocenters. The van der Waals surface area contributed by atoms with Crippen molar-refractivity contribution < 1.29 is 42.9 Å². The molecule has 5 aliphatic heterocycles. The third-order valence-corrected chi connectivity index (χ3v) is 11.2. The van der Waals surface area contributed by atoms with E-state index < -0.39 is 58.5 Å². The van der Waals surface area contributed by atoms with E-state index in [1.54, 1.807) is 13.8 Å². The van der Waals surface area contributed by atoms with Crippen LogP contribution in [-0.4, -0.2) is 65.4 Å². The molecular weight excluding hydrogens is 516 g/mol. The van der Waals surface area contributed by atoms with Crippen molar-refractivity contribution in [1.29, 1.82) is 0 Å². The second kappa shape index (κ2) is 8.13. The Morgan fingerprint density at radius 3 is 2.52 bits per heavy atom. The van der Waals surface area contributed by atoms with Crippen molar-refractivity contribution in [3.63, 3.8) is 0 Å². The zero-order valence-corrected chi connectivity index (χ0v) is 24.0. The summed E-state index contributed by atoms with van der Waals surface area (Å²) >= 11 is 0. The molecule has 0 amide bonds. The molecule has 2 spiro atoms. The first kappa shape index (κ1) is 26.5. The molecule has 1 saturated carbocycles. The maximum atomic E-state index is 14.7. The lowest BCUT2D eigenvalue weighted by molar-refractivity contribution is -0.326. The van der Waals surface area contributed by atoms with E-state index in [1.807, 2.05) is 33.8 Å². The highest BCUT2D eigenvalue weighted by Gasteiger charge is 2.80. The molecule has 0 aromatic rings. The van der Waals surface area contributed by atoms with E-state index in [0.717, 1.165) is 11.1 Å². The lowest BCUT2D eigenvalue weighted by Gasteiger charge is -2.49. The topological polar surface area (TPSA) is 114 Å². The Kier molecular flexibility index (Phi) is 5.40. The Morgan fingerprint density at radius 1 is 1.05 bits per heavy atom. The Labute approximate surface area is 233 Å². The Bertz CT molecular complexity index is 1310. The number of Topliss-reactive ketones (excluding diaryl/α,β-unsaturated/α-hetero) is 2. The molecule has 2 bridgehead atoms. The first-order valence-corrected chi connectivity index (χ1v) is 14.7. The third-order valence-electron chi connectivity index (χ3n) is 11.2. The van der Waals surface area contributed by atoms with Crippen molar-refractivity contribution in [3.8, 4) is 0 Å². The van der Waals surface area contributed by atoms with Gasteiger partial charge in [-0.05, 0) is 58.1 Å². The van der Waals surface area contributed by atoms with E-state index in [0.29, 0.717) is 31.3 Å². The fourth-order valence-corrected chi connectivity index (χ4v) is 9.39. The monoisotopic (exact) mass is 554 g/mol. The first-order valence-electron chi connectivity index (χ1n) is 14.7. The number of ketones is 2. The first-order chi connectivity index (χ1) is 18.8. The Hall–Kier alpha value is -2.36. The smallest absolute Gasteiger partial charge is 0.311 e. The van der Waals surface area contributed by atoms with Crippen LogP contribution in [0.2, 0.25) is 0 Å². The number of allylic oxidation sites excluding steroid dienone is 1. The maximum absolute atomic E-state index is 14.7. The van der Waals surface area contributed by atoms with Crippen LogP contribution >= 0.6 is 0 Å². The zero-order chi connectivity index (χ0) is 28.6. The van der Waals surface area contributed by atoms with Gasteiger partial charge in [-0.2, -0.15) is 0 Å². The summed E-state index contributed by atoms with van der Waals surface area (Å²) in [5.41, 5.74) is 0.0910. The number of hydrogen-bond acceptors (Lipinski definition) is 9. The maximum Gasteiger partial charge on any atom is 0.311 e. The van der Waals surface area contributed by atoms with E-state index in [2.05, 4.69) is 0 Å². The van der Waals surface area contributed by atoms with Crippen molar-refractivity contribution in [2.24, 2.45) is 29.1 Å². The highest BCUT2D eigenvalue weighted by atomic mass is 16.7. The van der Waals surface area contributed by atoms with Crippen LogP contribution < -0.4 is 0 Å². The van der Waals surface area contributed by atoms with Gasteiger partial charge >= 0.3 is 11.9 Å². The SMILES string of the molecule is CCOC(=O)CC1OC(C)(C)C2=C1CC13CCC4(C)C(=O)C(C)C5C6OC(=O)C(C)C6OC(O1)(C(=O)C3=CC2)C54. The van der Waals surface area contributed by atoms with Gasteiger partial charge in [0.2, 0.25) is 11.6 Å². The number of carbonyl (C=O) groups is 4. The van der Waals surface area contributed by atoms with Crippen LogP contribution in [0, 0.1) is 29.1 Å². The normalized spacial score (nSPS) is 48.0. The Morgan fingerprint density at radius 2 is 1.80 bits per heavy atom. The van der Waals surface area contributed by atoms with Crippen LogP contribution in [0.15, 0.2) is 22.8 Å². The number of fused-ring (bicyclic) bond motifs is 2. The molecule has 40 heavy (non-hydrogen) atoms. The lowest BCUT2D eigenvalue weighted by atomic mass is 9.62. The largest absolute Gasteiger partial charge is 0.466 e. The van der Waals surface area contributed by atoms with Gasteiger partial charge in [-0.15, -0.1) is 0 Å². The number of rotatable bonds is 3. The highest BCUT2D eigenvalue weighted by molar-refractivity contribution is 6.07. The molecule has 5 fully saturated rings. The van der Waals surface area contributed by atoms with Gasteiger partial charge in [-0.1, -0.05) is 19.9 Å². The van der Waals surface area contributed by atoms with Crippen LogP contribution in [0.4, 0.5) is 0 Å². The number of esters is 2. The van der Waals surface area contributed by atoms with E-state index >= 15 is 0 Å². The molecule has 0 radical (unpaired) electrons. The second-order valence-electron chi connectivity index (χ2n) is 13.6. The van der Waals surface area contributed by atoms with E-state index in [9.17, 15) is 19.2 Å². The second-order valence-corrected chi connectivity index (χ2v) is 13.6. The fourth-order valence-electron chi connectivity index (χ4n) is 9.39. The average Bonchev–Trinajstić information content (AvgIpc) is 3.36. The molecule has 9 nitrogen and oxygen atoms in total. The summed E-state index contributed by atoms with van der Waals surface area (Å²) in [6, 6.07) is 0. The molecule has 4 saturated heterocycles. The van der Waals surface area contributed by atoms with Gasteiger partial charge in [0, 0.05) is 35.2 Å². The standard InChI is InChI=1S/C31H38O9/c1-7-36-20(32)12-19-16-13-30-11-10-29(6)24-21(14(2)25(29)33)23-22(15(3)27(35)37-23)39-31(24,40-30)26(34)18(30)9-8-17(16)28(4,5)38-19/h9,14-15,19,21-24H,7-8,10-13H2,1-6H3. The summed E-state index contributed by atoms with van der Waals surface area (Å²) in [7, 11) is 0. The summed E-state index contributed by atoms with van der Waals surface area (Å²) in [4.78, 5) is 53.9. The van der Waals surface area contributed by atoms with E-state index in [4.69, 9.17) is 23.7 Å². The molecule has 7 rings (SSSR count). The lowest BCUT2D eigenvalue weighted by Crippen LogP contribution is -2.63. The molecule has 9 heteroatoms. The van der Waals surface area contributed by atoms with Crippen LogP contribution in [-0.2, 0) is 42.9 Å². The van der Waals surface area contributed by atoms with Gasteiger partial charge in [0.25, 0.3) is 0 Å². The molecule has 0 aromatic heterocycles. The van der Waals surface area contributed by atoms with Gasteiger partial charge in [-0.25, -0.2) is 0 Å². The van der Waals surface area contributed by atoms with Crippen LogP contribution in [0.5, 0.6) is 0 Å². The molecule has 5 heterocycles. The van der Waals surface area contributed by atoms with Gasteiger partial charge in [-0.3, -0.25) is 19.2 Å². The fraction of sp³-hybridized carbons (Fsp3) is 0.742. The summed E-state index contributed by atoms with van der Waals surface area (Å²) in [6.07, 6.45) is 2.13. The molecule has 7 aliphatic rings. The predicted molar refractivity (Wildman–Crippen MR) is 139 cm³/mol. The van der Waals surface area contributed by atoms with Gasteiger partial charge < -0.3 is 23.7 Å². The van der Waals surface area contributed by atoms with Crippen molar-refractivity contribution >= 4 is 23.5 Å². The minimum Gasteiger partial charge on any atom is -0.466 e. The molecule has 2 aliphatic carbocycles. The van der Waals surface area contributed by atoms with Gasteiger partial charge in [0.15, 0.2) is 0 Å². The summed E-state index contributed by atoms with van der Waals surface area (Å²) in [6.45, 7) is 11.6. The van der Waals surface area contributed by atoms with Gasteiger partial charge in [0.1, 0.15) is 23.6 Å². The van der Waals surface area contributed by atoms with Crippen molar-refractivity contribution in [2.75, 3.05) is 6.61 Å². The van der Waals surface area contributed by atoms with Crippen molar-refractivity contribution in [1.82, 2.24) is 0 Å². The number of carbonyl (C=O) groups excluding carboxylic acids is 4. The zero-order valence-electron chi connectivity index (χ0n) is 24.0. The number of hydrogen-bond donors (Lipinski definition) is 0. The van der Waals surface area contributed by atoms with Gasteiger partial charge in [0.05, 0.1) is 30.7 Å². The summed E-state index contributed by atoms with van der Waals surface area (Å²) in [5, 5.41) is 0.